The van der Waals surface area contributed by atoms with Crippen LogP contribution in [0.1, 0.15) is 29.2 Å². The lowest BCUT2D eigenvalue weighted by Gasteiger charge is -2.22. The molecule has 94 valence electrons. The van der Waals surface area contributed by atoms with Crippen LogP contribution in [0.5, 0.6) is 5.75 Å². The van der Waals surface area contributed by atoms with Crippen LogP contribution >= 0.6 is 0 Å². The third-order valence-corrected chi connectivity index (χ3v) is 3.42. The minimum Gasteiger partial charge on any atom is -0.496 e. The molecule has 3 heteroatoms. The fourth-order valence-corrected chi connectivity index (χ4v) is 2.53. The fraction of sp³-hybridized carbons (Fsp3) is 0.571. The first kappa shape index (κ1) is 12.4. The van der Waals surface area contributed by atoms with Crippen molar-refractivity contribution in [2.24, 2.45) is 5.92 Å². The first-order valence-corrected chi connectivity index (χ1v) is 6.04. The molecule has 0 aromatic heterocycles. The number of hydrogen-bond donors (Lipinski definition) is 1. The lowest BCUT2D eigenvalue weighted by Crippen LogP contribution is -2.15. The number of methoxy groups -OCH3 is 1. The summed E-state index contributed by atoms with van der Waals surface area (Å²) in [5.41, 5.74) is 3.15. The van der Waals surface area contributed by atoms with E-state index in [4.69, 9.17) is 9.47 Å². The zero-order chi connectivity index (χ0) is 12.4. The maximum Gasteiger partial charge on any atom is 0.125 e. The van der Waals surface area contributed by atoms with E-state index in [1.165, 1.54) is 0 Å². The van der Waals surface area contributed by atoms with Crippen molar-refractivity contribution in [3.63, 3.8) is 0 Å². The number of hydrogen-bond acceptors (Lipinski definition) is 3. The lowest BCUT2D eigenvalue weighted by molar-refractivity contribution is 0.0891. The lowest BCUT2D eigenvalue weighted by atomic mass is 9.90. The minimum absolute atomic E-state index is 0.185. The molecule has 0 radical (unpaired) electrons. The topological polar surface area (TPSA) is 38.7 Å². The van der Waals surface area contributed by atoms with E-state index in [0.717, 1.165) is 35.5 Å². The summed E-state index contributed by atoms with van der Waals surface area (Å²) in [5, 5.41) is 10.4. The molecule has 2 rings (SSSR count). The van der Waals surface area contributed by atoms with Gasteiger partial charge in [0.15, 0.2) is 0 Å². The summed E-state index contributed by atoms with van der Waals surface area (Å²) in [6.07, 6.45) is 0.422. The summed E-state index contributed by atoms with van der Waals surface area (Å²) in [6.45, 7) is 5.43. The highest BCUT2D eigenvalue weighted by atomic mass is 16.5. The number of ether oxygens (including phenoxy) is 2. The van der Waals surface area contributed by atoms with Crippen LogP contribution in [0.25, 0.3) is 0 Å². The second kappa shape index (κ2) is 5.07. The van der Waals surface area contributed by atoms with Crippen molar-refractivity contribution in [1.29, 1.82) is 0 Å². The zero-order valence-electron chi connectivity index (χ0n) is 10.7. The average molecular weight is 236 g/mol. The van der Waals surface area contributed by atoms with Crippen LogP contribution in [-0.2, 0) is 4.74 Å². The molecule has 1 N–H and O–H groups in total. The van der Waals surface area contributed by atoms with Crippen LogP contribution in [0.2, 0.25) is 0 Å². The second-order valence-corrected chi connectivity index (χ2v) is 4.77. The molecule has 0 saturated carbocycles. The standard InChI is InChI=1S/C14H20O3/c1-9-6-10(2)13(12(7-9)16-3)14(15)11-4-5-17-8-11/h6-7,11,14-15H,4-5,8H2,1-3H3. The maximum atomic E-state index is 10.4. The predicted octanol–water partition coefficient (Wildman–Crippen LogP) is 2.38. The summed E-state index contributed by atoms with van der Waals surface area (Å²) < 4.78 is 10.7. The van der Waals surface area contributed by atoms with Gasteiger partial charge in [-0.1, -0.05) is 6.07 Å². The molecule has 1 aliphatic rings. The maximum absolute atomic E-state index is 10.4. The molecule has 0 aliphatic carbocycles. The van der Waals surface area contributed by atoms with E-state index >= 15 is 0 Å². The van der Waals surface area contributed by atoms with E-state index < -0.39 is 6.10 Å². The highest BCUT2D eigenvalue weighted by Crippen LogP contribution is 2.36. The summed E-state index contributed by atoms with van der Waals surface area (Å²) in [7, 11) is 1.65. The first-order chi connectivity index (χ1) is 8.13. The van der Waals surface area contributed by atoms with Gasteiger partial charge in [-0.15, -0.1) is 0 Å². The van der Waals surface area contributed by atoms with Crippen LogP contribution in [0.3, 0.4) is 0 Å². The van der Waals surface area contributed by atoms with Gasteiger partial charge in [-0.2, -0.15) is 0 Å². The first-order valence-electron chi connectivity index (χ1n) is 6.04. The van der Waals surface area contributed by atoms with Crippen molar-refractivity contribution in [2.45, 2.75) is 26.4 Å². The molecule has 3 nitrogen and oxygen atoms in total. The Balaban J connectivity index is 2.35. The van der Waals surface area contributed by atoms with Crippen LogP contribution < -0.4 is 4.74 Å². The smallest absolute Gasteiger partial charge is 0.125 e. The third-order valence-electron chi connectivity index (χ3n) is 3.42. The van der Waals surface area contributed by atoms with Crippen molar-refractivity contribution in [3.05, 3.63) is 28.8 Å². The van der Waals surface area contributed by atoms with Gasteiger partial charge in [-0.3, -0.25) is 0 Å². The summed E-state index contributed by atoms with van der Waals surface area (Å²) in [4.78, 5) is 0. The molecule has 1 aromatic carbocycles. The number of aliphatic hydroxyl groups is 1. The van der Waals surface area contributed by atoms with Gasteiger partial charge in [0, 0.05) is 18.1 Å². The Morgan fingerprint density at radius 2 is 2.18 bits per heavy atom. The van der Waals surface area contributed by atoms with Crippen molar-refractivity contribution >= 4 is 0 Å². The Kier molecular flexibility index (Phi) is 3.69. The fourth-order valence-electron chi connectivity index (χ4n) is 2.53. The normalized spacial score (nSPS) is 21.5. The quantitative estimate of drug-likeness (QED) is 0.875. The van der Waals surface area contributed by atoms with Gasteiger partial charge in [0.05, 0.1) is 19.8 Å². The minimum atomic E-state index is -0.493. The Morgan fingerprint density at radius 3 is 2.76 bits per heavy atom. The van der Waals surface area contributed by atoms with Gasteiger partial charge in [0.25, 0.3) is 0 Å². The van der Waals surface area contributed by atoms with Crippen molar-refractivity contribution in [3.8, 4) is 5.75 Å². The molecule has 1 aliphatic heterocycles. The number of aliphatic hydroxyl groups excluding tert-OH is 1. The van der Waals surface area contributed by atoms with Gasteiger partial charge in [0.1, 0.15) is 5.75 Å². The van der Waals surface area contributed by atoms with E-state index in [0.29, 0.717) is 6.61 Å². The summed E-state index contributed by atoms with van der Waals surface area (Å²) in [5.74, 6) is 0.965. The molecule has 2 unspecified atom stereocenters. The van der Waals surface area contributed by atoms with Gasteiger partial charge in [-0.05, 0) is 37.5 Å². The van der Waals surface area contributed by atoms with Gasteiger partial charge in [0.2, 0.25) is 0 Å². The van der Waals surface area contributed by atoms with Gasteiger partial charge < -0.3 is 14.6 Å². The van der Waals surface area contributed by atoms with E-state index in [-0.39, 0.29) is 5.92 Å². The number of aryl methyl sites for hydroxylation is 2. The van der Waals surface area contributed by atoms with Gasteiger partial charge >= 0.3 is 0 Å². The van der Waals surface area contributed by atoms with Crippen LogP contribution in [0.4, 0.5) is 0 Å². The molecule has 0 amide bonds. The highest BCUT2D eigenvalue weighted by Gasteiger charge is 2.28. The molecule has 1 saturated heterocycles. The van der Waals surface area contributed by atoms with Gasteiger partial charge in [-0.25, -0.2) is 0 Å². The molecule has 0 spiro atoms. The SMILES string of the molecule is COc1cc(C)cc(C)c1C(O)C1CCOC1. The number of benzene rings is 1. The Hall–Kier alpha value is -1.06. The molecule has 1 fully saturated rings. The Bertz CT molecular complexity index is 395. The van der Waals surface area contributed by atoms with Crippen LogP contribution in [0.15, 0.2) is 12.1 Å². The number of rotatable bonds is 3. The zero-order valence-corrected chi connectivity index (χ0v) is 10.7. The summed E-state index contributed by atoms with van der Waals surface area (Å²) >= 11 is 0. The largest absolute Gasteiger partial charge is 0.496 e. The molecule has 1 heterocycles. The predicted molar refractivity (Wildman–Crippen MR) is 66.4 cm³/mol. The molecule has 2 atom stereocenters. The van der Waals surface area contributed by atoms with Crippen LogP contribution in [0, 0.1) is 19.8 Å². The van der Waals surface area contributed by atoms with Crippen molar-refractivity contribution < 1.29 is 14.6 Å². The van der Waals surface area contributed by atoms with E-state index in [2.05, 4.69) is 6.07 Å². The molecule has 1 aromatic rings. The van der Waals surface area contributed by atoms with Crippen LogP contribution in [-0.4, -0.2) is 25.4 Å². The van der Waals surface area contributed by atoms with E-state index in [1.807, 2.05) is 19.9 Å². The monoisotopic (exact) mass is 236 g/mol. The van der Waals surface area contributed by atoms with Crippen molar-refractivity contribution in [2.75, 3.05) is 20.3 Å². The Labute approximate surface area is 102 Å². The third kappa shape index (κ3) is 2.45. The summed E-state index contributed by atoms with van der Waals surface area (Å²) in [6, 6.07) is 4.05. The molecule has 0 bridgehead atoms. The second-order valence-electron chi connectivity index (χ2n) is 4.77. The highest BCUT2D eigenvalue weighted by molar-refractivity contribution is 5.44. The molecular weight excluding hydrogens is 216 g/mol. The molecule has 17 heavy (non-hydrogen) atoms. The van der Waals surface area contributed by atoms with Crippen molar-refractivity contribution in [1.82, 2.24) is 0 Å². The average Bonchev–Trinajstić information content (AvgIpc) is 2.80. The molecular formula is C14H20O3. The van der Waals surface area contributed by atoms with E-state index in [1.54, 1.807) is 7.11 Å². The Morgan fingerprint density at radius 1 is 1.41 bits per heavy atom. The van der Waals surface area contributed by atoms with E-state index in [9.17, 15) is 5.11 Å².